The van der Waals surface area contributed by atoms with E-state index in [1.54, 1.807) is 25.3 Å². The molecule has 13 heteroatoms. The number of aromatic nitrogens is 1. The molecule has 2 aromatic rings. The number of rotatable bonds is 15. The molecule has 0 spiro atoms. The summed E-state index contributed by atoms with van der Waals surface area (Å²) in [6, 6.07) is 2.00. The first-order valence-electron chi connectivity index (χ1n) is 12.7. The van der Waals surface area contributed by atoms with Gasteiger partial charge in [-0.3, -0.25) is 19.2 Å². The van der Waals surface area contributed by atoms with Crippen molar-refractivity contribution in [3.8, 4) is 0 Å². The highest BCUT2D eigenvalue weighted by Crippen LogP contribution is 2.19. The molecule has 13 nitrogen and oxygen atoms in total. The van der Waals surface area contributed by atoms with Gasteiger partial charge in [0.25, 0.3) is 0 Å². The van der Waals surface area contributed by atoms with Crippen LogP contribution in [0.1, 0.15) is 45.6 Å². The predicted octanol–water partition coefficient (Wildman–Crippen LogP) is -0.132. The van der Waals surface area contributed by atoms with Gasteiger partial charge in [-0.25, -0.2) is 4.79 Å². The van der Waals surface area contributed by atoms with Crippen molar-refractivity contribution in [3.05, 3.63) is 36.0 Å². The highest BCUT2D eigenvalue weighted by molar-refractivity contribution is 5.95. The summed E-state index contributed by atoms with van der Waals surface area (Å²) in [5, 5.41) is 36.6. The Hall–Kier alpha value is -3.97. The standard InChI is InChI=1S/C26H37N5O8/c1-4-13(2)21(27)24(36)31-22(14(3)32)25(37)30-19(11-15-12-28-17-8-6-5-7-16(15)17)23(35)29-18(26(38)39)9-10-20(33)34/h5-8,12-14,18-19,21-22,28,32H,4,9-11,27H2,1-3H3,(H,29,35)(H,30,37)(H,31,36)(H,33,34)(H,38,39). The minimum Gasteiger partial charge on any atom is -0.481 e. The lowest BCUT2D eigenvalue weighted by molar-refractivity contribution is -0.143. The van der Waals surface area contributed by atoms with Crippen molar-refractivity contribution >= 4 is 40.6 Å². The van der Waals surface area contributed by atoms with Gasteiger partial charge in [0.2, 0.25) is 17.7 Å². The van der Waals surface area contributed by atoms with Gasteiger partial charge in [0.1, 0.15) is 18.1 Å². The van der Waals surface area contributed by atoms with Crippen molar-refractivity contribution in [2.45, 2.75) is 76.7 Å². The number of fused-ring (bicyclic) bond motifs is 1. The van der Waals surface area contributed by atoms with Crippen LogP contribution >= 0.6 is 0 Å². The molecule has 1 aromatic heterocycles. The second-order valence-corrected chi connectivity index (χ2v) is 9.59. The summed E-state index contributed by atoms with van der Waals surface area (Å²) in [7, 11) is 0. The molecule has 0 aliphatic rings. The van der Waals surface area contributed by atoms with Crippen LogP contribution < -0.4 is 21.7 Å². The van der Waals surface area contributed by atoms with E-state index in [0.717, 1.165) is 10.9 Å². The third-order valence-corrected chi connectivity index (χ3v) is 6.62. The number of benzene rings is 1. The van der Waals surface area contributed by atoms with Crippen LogP contribution in [0, 0.1) is 5.92 Å². The molecule has 3 amide bonds. The van der Waals surface area contributed by atoms with E-state index in [1.165, 1.54) is 6.92 Å². The molecule has 9 N–H and O–H groups in total. The van der Waals surface area contributed by atoms with Gasteiger partial charge >= 0.3 is 11.9 Å². The molecule has 1 heterocycles. The van der Waals surface area contributed by atoms with Gasteiger partial charge in [0.15, 0.2) is 0 Å². The number of aliphatic hydroxyl groups excluding tert-OH is 1. The van der Waals surface area contributed by atoms with Gasteiger partial charge in [0.05, 0.1) is 12.1 Å². The lowest BCUT2D eigenvalue weighted by atomic mass is 9.98. The van der Waals surface area contributed by atoms with E-state index in [9.17, 15) is 34.2 Å². The van der Waals surface area contributed by atoms with Crippen LogP contribution in [-0.4, -0.2) is 80.2 Å². The molecular weight excluding hydrogens is 510 g/mol. The SMILES string of the molecule is CCC(C)C(N)C(=O)NC(C(=O)NC(Cc1c[nH]c2ccccc12)C(=O)NC(CCC(=O)O)C(=O)O)C(C)O. The molecule has 0 aliphatic carbocycles. The number of aliphatic carboxylic acids is 2. The molecular formula is C26H37N5O8. The fourth-order valence-corrected chi connectivity index (χ4v) is 3.96. The Labute approximate surface area is 225 Å². The summed E-state index contributed by atoms with van der Waals surface area (Å²) in [4.78, 5) is 64.7. The van der Waals surface area contributed by atoms with Crippen LogP contribution in [0.4, 0.5) is 0 Å². The predicted molar refractivity (Wildman–Crippen MR) is 141 cm³/mol. The average Bonchev–Trinajstić information content (AvgIpc) is 3.30. The quantitative estimate of drug-likeness (QED) is 0.148. The molecule has 0 saturated heterocycles. The number of carbonyl (C=O) groups is 5. The largest absolute Gasteiger partial charge is 0.481 e. The van der Waals surface area contributed by atoms with E-state index in [2.05, 4.69) is 20.9 Å². The molecule has 0 aliphatic heterocycles. The van der Waals surface area contributed by atoms with Crippen LogP contribution in [0.3, 0.4) is 0 Å². The van der Waals surface area contributed by atoms with E-state index in [1.807, 2.05) is 19.1 Å². The number of hydrogen-bond acceptors (Lipinski definition) is 7. The third kappa shape index (κ3) is 8.79. The molecule has 0 bridgehead atoms. The molecule has 214 valence electrons. The van der Waals surface area contributed by atoms with Crippen LogP contribution in [0.25, 0.3) is 10.9 Å². The van der Waals surface area contributed by atoms with Crippen molar-refractivity contribution in [2.24, 2.45) is 11.7 Å². The lowest BCUT2D eigenvalue weighted by Crippen LogP contribution is -2.60. The molecule has 6 atom stereocenters. The Kier molecular flexibility index (Phi) is 11.4. The fourth-order valence-electron chi connectivity index (χ4n) is 3.96. The van der Waals surface area contributed by atoms with Crippen molar-refractivity contribution in [1.29, 1.82) is 0 Å². The topological polar surface area (TPSA) is 224 Å². The lowest BCUT2D eigenvalue weighted by Gasteiger charge is -2.27. The van der Waals surface area contributed by atoms with Gasteiger partial charge in [-0.05, 0) is 30.9 Å². The first-order chi connectivity index (χ1) is 18.3. The van der Waals surface area contributed by atoms with E-state index in [4.69, 9.17) is 10.8 Å². The van der Waals surface area contributed by atoms with Crippen molar-refractivity contribution in [3.63, 3.8) is 0 Å². The third-order valence-electron chi connectivity index (χ3n) is 6.62. The number of aliphatic hydroxyl groups is 1. The average molecular weight is 548 g/mol. The van der Waals surface area contributed by atoms with Gasteiger partial charge in [0, 0.05) is 29.9 Å². The zero-order valence-electron chi connectivity index (χ0n) is 22.1. The molecule has 6 unspecified atom stereocenters. The first kappa shape index (κ1) is 31.2. The first-order valence-corrected chi connectivity index (χ1v) is 12.7. The number of hydrogen-bond donors (Lipinski definition) is 8. The molecule has 0 fully saturated rings. The van der Waals surface area contributed by atoms with Crippen LogP contribution in [0.15, 0.2) is 30.5 Å². The molecule has 2 rings (SSSR count). The molecule has 1 aromatic carbocycles. The van der Waals surface area contributed by atoms with Crippen LogP contribution in [0.5, 0.6) is 0 Å². The highest BCUT2D eigenvalue weighted by Gasteiger charge is 2.33. The van der Waals surface area contributed by atoms with E-state index < -0.39 is 66.4 Å². The summed E-state index contributed by atoms with van der Waals surface area (Å²) >= 11 is 0. The van der Waals surface area contributed by atoms with Crippen LogP contribution in [-0.2, 0) is 30.4 Å². The van der Waals surface area contributed by atoms with Gasteiger partial charge in [-0.1, -0.05) is 38.5 Å². The van der Waals surface area contributed by atoms with Crippen molar-refractivity contribution in [1.82, 2.24) is 20.9 Å². The number of carbonyl (C=O) groups excluding carboxylic acids is 3. The van der Waals surface area contributed by atoms with Gasteiger partial charge < -0.3 is 42.0 Å². The van der Waals surface area contributed by atoms with E-state index >= 15 is 0 Å². The second-order valence-electron chi connectivity index (χ2n) is 9.59. The number of H-pyrrole nitrogens is 1. The Balaban J connectivity index is 2.31. The Morgan fingerprint density at radius 1 is 0.949 bits per heavy atom. The molecule has 0 saturated carbocycles. The maximum atomic E-state index is 13.2. The Morgan fingerprint density at radius 3 is 2.18 bits per heavy atom. The van der Waals surface area contributed by atoms with Gasteiger partial charge in [-0.2, -0.15) is 0 Å². The molecule has 0 radical (unpaired) electrons. The zero-order valence-corrected chi connectivity index (χ0v) is 22.1. The van der Waals surface area contributed by atoms with E-state index in [-0.39, 0.29) is 18.8 Å². The Morgan fingerprint density at radius 2 is 1.59 bits per heavy atom. The number of para-hydroxylation sites is 1. The fraction of sp³-hybridized carbons (Fsp3) is 0.500. The number of carboxylic acids is 2. The second kappa shape index (κ2) is 14.3. The van der Waals surface area contributed by atoms with Gasteiger partial charge in [-0.15, -0.1) is 0 Å². The molecule has 39 heavy (non-hydrogen) atoms. The minimum atomic E-state index is -1.52. The number of amides is 3. The van der Waals surface area contributed by atoms with Crippen molar-refractivity contribution < 1.29 is 39.3 Å². The highest BCUT2D eigenvalue weighted by atomic mass is 16.4. The summed E-state index contributed by atoms with van der Waals surface area (Å²) in [5.41, 5.74) is 7.37. The van der Waals surface area contributed by atoms with E-state index in [0.29, 0.717) is 12.0 Å². The summed E-state index contributed by atoms with van der Waals surface area (Å²) in [5.74, 6) is -5.27. The van der Waals surface area contributed by atoms with Crippen molar-refractivity contribution in [2.75, 3.05) is 0 Å². The summed E-state index contributed by atoms with van der Waals surface area (Å²) < 4.78 is 0. The monoisotopic (exact) mass is 547 g/mol. The number of aromatic amines is 1. The smallest absolute Gasteiger partial charge is 0.326 e. The Bertz CT molecular complexity index is 1180. The minimum absolute atomic E-state index is 0.0697. The maximum absolute atomic E-state index is 13.2. The summed E-state index contributed by atoms with van der Waals surface area (Å²) in [6.45, 7) is 4.92. The maximum Gasteiger partial charge on any atom is 0.326 e. The summed E-state index contributed by atoms with van der Waals surface area (Å²) in [6.07, 6.45) is -0.0284. The number of nitrogens with one attached hydrogen (secondary N) is 4. The van der Waals surface area contributed by atoms with Crippen LogP contribution in [0.2, 0.25) is 0 Å². The number of nitrogens with two attached hydrogens (primary N) is 1. The zero-order chi connectivity index (χ0) is 29.3. The normalized spacial score (nSPS) is 15.8. The number of carboxylic acid groups (broad SMARTS) is 2.